The van der Waals surface area contributed by atoms with Crippen molar-refractivity contribution >= 4 is 17.7 Å². The van der Waals surface area contributed by atoms with Crippen molar-refractivity contribution in [3.63, 3.8) is 0 Å². The minimum atomic E-state index is -0.647. The number of amides is 3. The number of likely N-dealkylation sites (tertiary alicyclic amines) is 1. The Kier molecular flexibility index (Phi) is 6.51. The molecule has 3 amide bonds. The van der Waals surface area contributed by atoms with Crippen LogP contribution in [0.5, 0.6) is 0 Å². The number of hydrogen-bond acceptors (Lipinski definition) is 4. The van der Waals surface area contributed by atoms with Crippen LogP contribution in [0.15, 0.2) is 67.1 Å². The molecular weight excluding hydrogens is 404 g/mol. The van der Waals surface area contributed by atoms with Crippen LogP contribution in [0.2, 0.25) is 0 Å². The SMILES string of the molecule is CN(C(=O)n1cnc(-c2ccccc2NC(N)=O)c1)C1CCN(Cc2ccccc2)CC1. The molecule has 32 heavy (non-hydrogen) atoms. The number of imidazole rings is 1. The first-order chi connectivity index (χ1) is 15.5. The molecule has 3 N–H and O–H groups in total. The number of carbonyl (C=O) groups is 2. The van der Waals surface area contributed by atoms with Crippen molar-refractivity contribution in [2.75, 3.05) is 25.5 Å². The van der Waals surface area contributed by atoms with Crippen molar-refractivity contribution in [1.82, 2.24) is 19.4 Å². The van der Waals surface area contributed by atoms with E-state index < -0.39 is 6.03 Å². The Labute approximate surface area is 187 Å². The van der Waals surface area contributed by atoms with Crippen LogP contribution in [-0.4, -0.2) is 57.6 Å². The molecule has 2 aromatic carbocycles. The van der Waals surface area contributed by atoms with E-state index in [0.29, 0.717) is 16.9 Å². The monoisotopic (exact) mass is 432 g/mol. The average Bonchev–Trinajstić information content (AvgIpc) is 3.29. The third-order valence-corrected chi connectivity index (χ3v) is 5.92. The summed E-state index contributed by atoms with van der Waals surface area (Å²) in [4.78, 5) is 33.0. The predicted octanol–water partition coefficient (Wildman–Crippen LogP) is 3.61. The summed E-state index contributed by atoms with van der Waals surface area (Å²) < 4.78 is 1.49. The largest absolute Gasteiger partial charge is 0.351 e. The zero-order valence-electron chi connectivity index (χ0n) is 18.1. The smallest absolute Gasteiger partial charge is 0.329 e. The molecule has 166 valence electrons. The lowest BCUT2D eigenvalue weighted by atomic mass is 10.0. The van der Waals surface area contributed by atoms with Gasteiger partial charge in [0.05, 0.1) is 11.4 Å². The normalized spacial score (nSPS) is 14.8. The molecule has 8 nitrogen and oxygen atoms in total. The Morgan fingerprint density at radius 3 is 2.50 bits per heavy atom. The lowest BCUT2D eigenvalue weighted by Crippen LogP contribution is -2.46. The van der Waals surface area contributed by atoms with Crippen LogP contribution in [0, 0.1) is 0 Å². The zero-order valence-corrected chi connectivity index (χ0v) is 18.1. The maximum Gasteiger partial charge on any atom is 0.329 e. The van der Waals surface area contributed by atoms with Crippen LogP contribution >= 0.6 is 0 Å². The van der Waals surface area contributed by atoms with Gasteiger partial charge < -0.3 is 16.0 Å². The minimum absolute atomic E-state index is 0.120. The summed E-state index contributed by atoms with van der Waals surface area (Å²) in [6.45, 7) is 2.85. The summed E-state index contributed by atoms with van der Waals surface area (Å²) in [7, 11) is 1.85. The van der Waals surface area contributed by atoms with Gasteiger partial charge in [0.2, 0.25) is 0 Å². The van der Waals surface area contributed by atoms with Crippen molar-refractivity contribution in [2.45, 2.75) is 25.4 Å². The van der Waals surface area contributed by atoms with Crippen LogP contribution in [-0.2, 0) is 6.54 Å². The van der Waals surface area contributed by atoms with Gasteiger partial charge in [0.25, 0.3) is 0 Å². The molecule has 0 saturated carbocycles. The van der Waals surface area contributed by atoms with Crippen LogP contribution in [0.4, 0.5) is 15.3 Å². The van der Waals surface area contributed by atoms with E-state index >= 15 is 0 Å². The average molecular weight is 433 g/mol. The van der Waals surface area contributed by atoms with Gasteiger partial charge in [-0.25, -0.2) is 14.6 Å². The number of para-hydroxylation sites is 1. The van der Waals surface area contributed by atoms with Gasteiger partial charge in [0, 0.05) is 44.5 Å². The lowest BCUT2D eigenvalue weighted by Gasteiger charge is -2.36. The molecule has 1 aliphatic rings. The Balaban J connectivity index is 1.38. The van der Waals surface area contributed by atoms with Crippen molar-refractivity contribution in [3.8, 4) is 11.3 Å². The van der Waals surface area contributed by atoms with Crippen molar-refractivity contribution in [2.24, 2.45) is 5.73 Å². The highest BCUT2D eigenvalue weighted by Crippen LogP contribution is 2.26. The van der Waals surface area contributed by atoms with Gasteiger partial charge in [-0.2, -0.15) is 0 Å². The maximum absolute atomic E-state index is 13.1. The van der Waals surface area contributed by atoms with E-state index in [0.717, 1.165) is 32.5 Å². The van der Waals surface area contributed by atoms with Gasteiger partial charge in [-0.1, -0.05) is 48.5 Å². The number of primary amides is 1. The Morgan fingerprint density at radius 2 is 1.78 bits per heavy atom. The lowest BCUT2D eigenvalue weighted by molar-refractivity contribution is 0.132. The summed E-state index contributed by atoms with van der Waals surface area (Å²) in [5, 5.41) is 2.60. The summed E-state index contributed by atoms with van der Waals surface area (Å²) in [5.41, 5.74) is 8.42. The summed E-state index contributed by atoms with van der Waals surface area (Å²) in [5.74, 6) is 0. The van der Waals surface area contributed by atoms with Gasteiger partial charge in [0.15, 0.2) is 0 Å². The van der Waals surface area contributed by atoms with Gasteiger partial charge in [-0.3, -0.25) is 9.47 Å². The van der Waals surface area contributed by atoms with E-state index in [1.165, 1.54) is 16.5 Å². The molecule has 4 rings (SSSR count). The first-order valence-electron chi connectivity index (χ1n) is 10.7. The minimum Gasteiger partial charge on any atom is -0.351 e. The van der Waals surface area contributed by atoms with Crippen LogP contribution in [0.3, 0.4) is 0 Å². The molecule has 0 unspecified atom stereocenters. The highest BCUT2D eigenvalue weighted by molar-refractivity contribution is 5.93. The first-order valence-corrected chi connectivity index (χ1v) is 10.7. The Hall–Kier alpha value is -3.65. The third-order valence-electron chi connectivity index (χ3n) is 5.92. The highest BCUT2D eigenvalue weighted by atomic mass is 16.2. The molecule has 0 atom stereocenters. The fourth-order valence-corrected chi connectivity index (χ4v) is 4.16. The van der Waals surface area contributed by atoms with Crippen LogP contribution in [0.25, 0.3) is 11.3 Å². The molecule has 0 radical (unpaired) electrons. The molecule has 8 heteroatoms. The number of carbonyl (C=O) groups excluding carboxylic acids is 2. The summed E-state index contributed by atoms with van der Waals surface area (Å²) >= 11 is 0. The fourth-order valence-electron chi connectivity index (χ4n) is 4.16. The number of nitrogens with one attached hydrogen (secondary N) is 1. The molecule has 0 aliphatic carbocycles. The molecule has 0 spiro atoms. The van der Waals surface area contributed by atoms with Gasteiger partial charge in [0.1, 0.15) is 6.33 Å². The number of nitrogens with zero attached hydrogens (tertiary/aromatic N) is 4. The van der Waals surface area contributed by atoms with Crippen LogP contribution in [0.1, 0.15) is 18.4 Å². The number of nitrogens with two attached hydrogens (primary N) is 1. The molecule has 1 fully saturated rings. The molecule has 2 heterocycles. The molecule has 1 aromatic heterocycles. The molecule has 1 aliphatic heterocycles. The number of aromatic nitrogens is 2. The summed E-state index contributed by atoms with van der Waals surface area (Å²) in [6, 6.07) is 17.1. The zero-order chi connectivity index (χ0) is 22.5. The third kappa shape index (κ3) is 4.97. The number of hydrogen-bond donors (Lipinski definition) is 2. The summed E-state index contributed by atoms with van der Waals surface area (Å²) in [6.07, 6.45) is 5.06. The van der Waals surface area contributed by atoms with E-state index in [1.54, 1.807) is 23.2 Å². The number of rotatable bonds is 5. The molecule has 3 aromatic rings. The molecule has 0 bridgehead atoms. The van der Waals surface area contributed by atoms with E-state index in [9.17, 15) is 9.59 Å². The van der Waals surface area contributed by atoms with Crippen molar-refractivity contribution < 1.29 is 9.59 Å². The maximum atomic E-state index is 13.1. The van der Waals surface area contributed by atoms with Gasteiger partial charge >= 0.3 is 12.1 Å². The van der Waals surface area contributed by atoms with Gasteiger partial charge in [-0.05, 0) is 24.5 Å². The number of urea groups is 1. The number of benzene rings is 2. The predicted molar refractivity (Wildman–Crippen MR) is 124 cm³/mol. The second-order valence-corrected chi connectivity index (χ2v) is 8.09. The quantitative estimate of drug-likeness (QED) is 0.644. The van der Waals surface area contributed by atoms with E-state index in [4.69, 9.17) is 5.73 Å². The number of anilines is 1. The molecule has 1 saturated heterocycles. The standard InChI is InChI=1S/C24H28N6O2/c1-28(19-11-13-29(14-12-19)15-18-7-3-2-4-8-18)24(32)30-16-22(26-17-30)20-9-5-6-10-21(20)27-23(25)31/h2-10,16-17,19H,11-15H2,1H3,(H3,25,27,31). The first kappa shape index (κ1) is 21.6. The topological polar surface area (TPSA) is 96.5 Å². The Bertz CT molecular complexity index is 1070. The highest BCUT2D eigenvalue weighted by Gasteiger charge is 2.26. The van der Waals surface area contributed by atoms with E-state index in [1.807, 2.05) is 25.2 Å². The Morgan fingerprint density at radius 1 is 1.09 bits per heavy atom. The van der Waals surface area contributed by atoms with Gasteiger partial charge in [-0.15, -0.1) is 0 Å². The number of piperidine rings is 1. The van der Waals surface area contributed by atoms with Crippen LogP contribution < -0.4 is 11.1 Å². The van der Waals surface area contributed by atoms with E-state index in [2.05, 4.69) is 39.5 Å². The second kappa shape index (κ2) is 9.65. The van der Waals surface area contributed by atoms with E-state index in [-0.39, 0.29) is 12.1 Å². The van der Waals surface area contributed by atoms with Crippen molar-refractivity contribution in [1.29, 1.82) is 0 Å². The van der Waals surface area contributed by atoms with Crippen molar-refractivity contribution in [3.05, 3.63) is 72.7 Å². The second-order valence-electron chi connectivity index (χ2n) is 8.09. The molecular formula is C24H28N6O2. The fraction of sp³-hybridized carbons (Fsp3) is 0.292.